The molecule has 2 aliphatic rings. The SMILES string of the molecule is COc1ccc([C@@H]2C(C(=O)N3CCOCC3)=C(C)Nc3nc4ccccc4n32)c(OC)c1. The lowest BCUT2D eigenvalue weighted by molar-refractivity contribution is -0.131. The van der Waals surface area contributed by atoms with Crippen molar-refractivity contribution >= 4 is 22.9 Å². The van der Waals surface area contributed by atoms with Crippen LogP contribution in [0.5, 0.6) is 11.5 Å². The number of carbonyl (C=O) groups excluding carboxylic acids is 1. The van der Waals surface area contributed by atoms with Crippen molar-refractivity contribution in [2.75, 3.05) is 45.8 Å². The lowest BCUT2D eigenvalue weighted by atomic mass is 9.93. The second kappa shape index (κ2) is 8.20. The normalized spacial score (nSPS) is 18.3. The highest BCUT2D eigenvalue weighted by atomic mass is 16.5. The van der Waals surface area contributed by atoms with Gasteiger partial charge < -0.3 is 24.4 Å². The number of morpholine rings is 1. The predicted molar refractivity (Wildman–Crippen MR) is 121 cm³/mol. The van der Waals surface area contributed by atoms with Crippen molar-refractivity contribution in [2.24, 2.45) is 0 Å². The van der Waals surface area contributed by atoms with Crippen LogP contribution in [-0.2, 0) is 9.53 Å². The molecule has 1 amide bonds. The van der Waals surface area contributed by atoms with Crippen molar-refractivity contribution in [1.82, 2.24) is 14.5 Å². The summed E-state index contributed by atoms with van der Waals surface area (Å²) in [6, 6.07) is 13.2. The number of anilines is 1. The van der Waals surface area contributed by atoms with Gasteiger partial charge >= 0.3 is 0 Å². The van der Waals surface area contributed by atoms with Crippen LogP contribution in [0.4, 0.5) is 5.95 Å². The molecule has 0 bridgehead atoms. The van der Waals surface area contributed by atoms with E-state index in [9.17, 15) is 4.79 Å². The van der Waals surface area contributed by atoms with Crippen molar-refractivity contribution in [1.29, 1.82) is 0 Å². The summed E-state index contributed by atoms with van der Waals surface area (Å²) in [5.74, 6) is 2.03. The molecule has 8 nitrogen and oxygen atoms in total. The highest BCUT2D eigenvalue weighted by Crippen LogP contribution is 2.43. The van der Waals surface area contributed by atoms with Crippen LogP contribution in [0, 0.1) is 0 Å². The van der Waals surface area contributed by atoms with Crippen LogP contribution >= 0.6 is 0 Å². The molecule has 0 spiro atoms. The first-order valence-corrected chi connectivity index (χ1v) is 10.7. The third-order valence-electron chi connectivity index (χ3n) is 6.09. The minimum atomic E-state index is -0.408. The lowest BCUT2D eigenvalue weighted by Gasteiger charge is -2.35. The molecule has 2 aliphatic heterocycles. The molecule has 0 unspecified atom stereocenters. The molecule has 3 heterocycles. The van der Waals surface area contributed by atoms with Crippen molar-refractivity contribution in [3.8, 4) is 11.5 Å². The fraction of sp³-hybridized carbons (Fsp3) is 0.333. The Morgan fingerprint density at radius 1 is 1.12 bits per heavy atom. The highest BCUT2D eigenvalue weighted by Gasteiger charge is 2.37. The number of fused-ring (bicyclic) bond motifs is 3. The summed E-state index contributed by atoms with van der Waals surface area (Å²) in [6.45, 7) is 4.15. The minimum Gasteiger partial charge on any atom is -0.497 e. The summed E-state index contributed by atoms with van der Waals surface area (Å²) in [4.78, 5) is 20.5. The molecule has 2 aromatic carbocycles. The largest absolute Gasteiger partial charge is 0.497 e. The van der Waals surface area contributed by atoms with Gasteiger partial charge in [-0.1, -0.05) is 12.1 Å². The maximum atomic E-state index is 13.8. The van der Waals surface area contributed by atoms with E-state index in [1.54, 1.807) is 14.2 Å². The summed E-state index contributed by atoms with van der Waals surface area (Å²) in [6.07, 6.45) is 0. The third-order valence-corrected chi connectivity index (χ3v) is 6.09. The van der Waals surface area contributed by atoms with E-state index < -0.39 is 6.04 Å². The Morgan fingerprint density at radius 2 is 1.91 bits per heavy atom. The van der Waals surface area contributed by atoms with E-state index >= 15 is 0 Å². The van der Waals surface area contributed by atoms with Gasteiger partial charge in [0.2, 0.25) is 5.95 Å². The summed E-state index contributed by atoms with van der Waals surface area (Å²) >= 11 is 0. The standard InChI is InChI=1S/C24H26N4O4/c1-15-21(23(29)27-10-12-32-13-11-27)22(17-9-8-16(30-2)14-20(17)31-3)28-19-7-5-4-6-18(19)26-24(28)25-15/h4-9,14,22H,10-13H2,1-3H3,(H,25,26)/t22-/m1/s1. The van der Waals surface area contributed by atoms with E-state index in [1.165, 1.54) is 0 Å². The molecule has 0 aliphatic carbocycles. The van der Waals surface area contributed by atoms with Gasteiger partial charge in [0, 0.05) is 30.4 Å². The fourth-order valence-corrected chi connectivity index (χ4v) is 4.52. The van der Waals surface area contributed by atoms with Crippen molar-refractivity contribution in [3.05, 3.63) is 59.3 Å². The number of hydrogen-bond acceptors (Lipinski definition) is 6. The topological polar surface area (TPSA) is 77.9 Å². The molecular weight excluding hydrogens is 408 g/mol. The molecule has 8 heteroatoms. The molecule has 1 N–H and O–H groups in total. The van der Waals surface area contributed by atoms with E-state index in [2.05, 4.69) is 9.88 Å². The van der Waals surface area contributed by atoms with E-state index in [4.69, 9.17) is 19.2 Å². The Balaban J connectivity index is 1.73. The number of imidazole rings is 1. The van der Waals surface area contributed by atoms with Crippen LogP contribution < -0.4 is 14.8 Å². The Hall–Kier alpha value is -3.52. The summed E-state index contributed by atoms with van der Waals surface area (Å²) in [7, 11) is 3.25. The Labute approximate surface area is 186 Å². The first-order valence-electron chi connectivity index (χ1n) is 10.7. The Bertz CT molecular complexity index is 1210. The van der Waals surface area contributed by atoms with E-state index in [1.807, 2.05) is 54.3 Å². The zero-order valence-electron chi connectivity index (χ0n) is 18.4. The van der Waals surface area contributed by atoms with E-state index in [-0.39, 0.29) is 5.91 Å². The van der Waals surface area contributed by atoms with Gasteiger partial charge in [-0.3, -0.25) is 9.36 Å². The van der Waals surface area contributed by atoms with Crippen LogP contribution in [0.15, 0.2) is 53.7 Å². The number of nitrogens with zero attached hydrogens (tertiary/aromatic N) is 3. The highest BCUT2D eigenvalue weighted by molar-refractivity contribution is 5.98. The zero-order valence-corrected chi connectivity index (χ0v) is 18.4. The van der Waals surface area contributed by atoms with Crippen LogP contribution in [0.3, 0.4) is 0 Å². The Morgan fingerprint density at radius 3 is 2.66 bits per heavy atom. The predicted octanol–water partition coefficient (Wildman–Crippen LogP) is 3.20. The smallest absolute Gasteiger partial charge is 0.254 e. The third kappa shape index (κ3) is 3.27. The van der Waals surface area contributed by atoms with Crippen molar-refractivity contribution in [3.63, 3.8) is 0 Å². The number of ether oxygens (including phenoxy) is 3. The maximum Gasteiger partial charge on any atom is 0.254 e. The number of allylic oxidation sites excluding steroid dienone is 1. The average molecular weight is 434 g/mol. The molecule has 32 heavy (non-hydrogen) atoms. The second-order valence-corrected chi connectivity index (χ2v) is 7.87. The number of benzene rings is 2. The number of para-hydroxylation sites is 2. The van der Waals surface area contributed by atoms with E-state index in [0.717, 1.165) is 22.3 Å². The fourth-order valence-electron chi connectivity index (χ4n) is 4.52. The molecule has 3 aromatic rings. The molecule has 5 rings (SSSR count). The summed E-state index contributed by atoms with van der Waals surface area (Å²) in [5, 5.41) is 3.37. The van der Waals surface area contributed by atoms with E-state index in [0.29, 0.717) is 49.3 Å². The molecule has 1 atom stereocenters. The number of hydrogen-bond donors (Lipinski definition) is 1. The van der Waals surface area contributed by atoms with Gasteiger partial charge in [-0.25, -0.2) is 4.98 Å². The lowest BCUT2D eigenvalue weighted by Crippen LogP contribution is -2.44. The molecule has 0 saturated carbocycles. The number of nitrogens with one attached hydrogen (secondary N) is 1. The van der Waals surface area contributed by atoms with Crippen molar-refractivity contribution in [2.45, 2.75) is 13.0 Å². The van der Waals surface area contributed by atoms with Crippen LogP contribution in [-0.4, -0.2) is 60.9 Å². The number of methoxy groups -OCH3 is 2. The van der Waals surface area contributed by atoms with Crippen molar-refractivity contribution < 1.29 is 19.0 Å². The summed E-state index contributed by atoms with van der Waals surface area (Å²) in [5.41, 5.74) is 4.13. The Kier molecular flexibility index (Phi) is 5.22. The van der Waals surface area contributed by atoms with Gasteiger partial charge in [0.1, 0.15) is 11.5 Å². The van der Waals surface area contributed by atoms with Gasteiger partial charge in [-0.2, -0.15) is 0 Å². The number of rotatable bonds is 4. The van der Waals surface area contributed by atoms with Crippen LogP contribution in [0.25, 0.3) is 11.0 Å². The zero-order chi connectivity index (χ0) is 22.2. The molecule has 0 radical (unpaired) electrons. The molecule has 166 valence electrons. The molecule has 1 aromatic heterocycles. The van der Waals surface area contributed by atoms with Gasteiger partial charge in [0.25, 0.3) is 5.91 Å². The van der Waals surface area contributed by atoms with Gasteiger partial charge in [-0.05, 0) is 31.2 Å². The minimum absolute atomic E-state index is 0.00963. The quantitative estimate of drug-likeness (QED) is 0.680. The first kappa shape index (κ1) is 20.4. The molecule has 1 saturated heterocycles. The number of amides is 1. The number of aromatic nitrogens is 2. The van der Waals surface area contributed by atoms with Crippen LogP contribution in [0.1, 0.15) is 18.5 Å². The molecule has 1 fully saturated rings. The van der Waals surface area contributed by atoms with Gasteiger partial charge in [0.15, 0.2) is 0 Å². The first-order chi connectivity index (χ1) is 15.6. The second-order valence-electron chi connectivity index (χ2n) is 7.87. The average Bonchev–Trinajstić information content (AvgIpc) is 3.20. The van der Waals surface area contributed by atoms with Gasteiger partial charge in [-0.15, -0.1) is 0 Å². The van der Waals surface area contributed by atoms with Crippen LogP contribution in [0.2, 0.25) is 0 Å². The summed E-state index contributed by atoms with van der Waals surface area (Å²) < 4.78 is 18.7. The monoisotopic (exact) mass is 434 g/mol. The number of carbonyl (C=O) groups is 1. The maximum absolute atomic E-state index is 13.8. The van der Waals surface area contributed by atoms with Gasteiger partial charge in [0.05, 0.1) is 50.1 Å². The molecular formula is C24H26N4O4.